The van der Waals surface area contributed by atoms with E-state index < -0.39 is 0 Å². The van der Waals surface area contributed by atoms with Crippen molar-refractivity contribution in [2.45, 2.75) is 20.0 Å². The third kappa shape index (κ3) is 5.80. The van der Waals surface area contributed by atoms with Crippen molar-refractivity contribution in [1.82, 2.24) is 0 Å². The second-order valence-electron chi connectivity index (χ2n) is 5.87. The van der Waals surface area contributed by atoms with Crippen LogP contribution in [-0.2, 0) is 17.8 Å². The predicted molar refractivity (Wildman–Crippen MR) is 103 cm³/mol. The zero-order valence-electron chi connectivity index (χ0n) is 14.8. The highest BCUT2D eigenvalue weighted by atomic mass is 16.3. The van der Waals surface area contributed by atoms with E-state index in [1.54, 1.807) is 6.92 Å². The maximum atomic E-state index is 11.8. The first-order chi connectivity index (χ1) is 12.6. The Balaban J connectivity index is 0.000000190. The summed E-state index contributed by atoms with van der Waals surface area (Å²) in [4.78, 5) is 22.6. The molecule has 3 aromatic carbocycles. The van der Waals surface area contributed by atoms with Gasteiger partial charge in [-0.05, 0) is 18.1 Å². The second kappa shape index (κ2) is 10.1. The number of ketones is 2. The molecule has 3 rings (SSSR count). The largest absolute Gasteiger partial charge is 0.392 e. The molecule has 0 radical (unpaired) electrons. The first-order valence-electron chi connectivity index (χ1n) is 8.43. The van der Waals surface area contributed by atoms with E-state index in [0.717, 1.165) is 22.3 Å². The van der Waals surface area contributed by atoms with E-state index >= 15 is 0 Å². The zero-order valence-corrected chi connectivity index (χ0v) is 14.8. The van der Waals surface area contributed by atoms with Crippen molar-refractivity contribution in [3.05, 3.63) is 107 Å². The van der Waals surface area contributed by atoms with Crippen LogP contribution in [0.2, 0.25) is 0 Å². The quantitative estimate of drug-likeness (QED) is 0.704. The average Bonchev–Trinajstić information content (AvgIpc) is 2.69. The smallest absolute Gasteiger partial charge is 0.193 e. The molecule has 3 nitrogen and oxygen atoms in total. The van der Waals surface area contributed by atoms with Crippen molar-refractivity contribution >= 4 is 11.6 Å². The van der Waals surface area contributed by atoms with E-state index in [-0.39, 0.29) is 18.2 Å². The van der Waals surface area contributed by atoms with Gasteiger partial charge in [0.15, 0.2) is 5.78 Å². The normalized spacial score (nSPS) is 9.77. The first kappa shape index (κ1) is 19.3. The molecule has 0 spiro atoms. The maximum absolute atomic E-state index is 11.8. The minimum atomic E-state index is 0.00343. The number of hydrogen-bond donors (Lipinski definition) is 1. The van der Waals surface area contributed by atoms with Gasteiger partial charge in [0.25, 0.3) is 0 Å². The van der Waals surface area contributed by atoms with Crippen LogP contribution in [0.4, 0.5) is 0 Å². The molecule has 0 heterocycles. The Kier molecular flexibility index (Phi) is 7.47. The first-order valence-corrected chi connectivity index (χ1v) is 8.43. The van der Waals surface area contributed by atoms with Gasteiger partial charge < -0.3 is 5.11 Å². The lowest BCUT2D eigenvalue weighted by atomic mass is 10.0. The number of aliphatic hydroxyl groups is 1. The fourth-order valence-corrected chi connectivity index (χ4v) is 2.50. The van der Waals surface area contributed by atoms with E-state index in [0.29, 0.717) is 6.42 Å². The Bertz CT molecular complexity index is 798. The molecule has 0 saturated carbocycles. The van der Waals surface area contributed by atoms with Crippen LogP contribution in [0.25, 0.3) is 0 Å². The summed E-state index contributed by atoms with van der Waals surface area (Å²) in [6, 6.07) is 26.0. The van der Waals surface area contributed by atoms with Crippen LogP contribution in [-0.4, -0.2) is 16.7 Å². The molecule has 0 unspecified atom stereocenters. The van der Waals surface area contributed by atoms with Gasteiger partial charge in [-0.25, -0.2) is 0 Å². The van der Waals surface area contributed by atoms with Crippen molar-refractivity contribution in [3.63, 3.8) is 0 Å². The summed E-state index contributed by atoms with van der Waals surface area (Å²) >= 11 is 0. The summed E-state index contributed by atoms with van der Waals surface area (Å²) in [5.41, 5.74) is 3.23. The summed E-state index contributed by atoms with van der Waals surface area (Å²) in [5, 5.41) is 8.92. The average molecular weight is 346 g/mol. The topological polar surface area (TPSA) is 54.4 Å². The van der Waals surface area contributed by atoms with Crippen LogP contribution in [0.3, 0.4) is 0 Å². The van der Waals surface area contributed by atoms with Gasteiger partial charge in [0.2, 0.25) is 0 Å². The fourth-order valence-electron chi connectivity index (χ4n) is 2.50. The summed E-state index contributed by atoms with van der Waals surface area (Å²) < 4.78 is 0. The van der Waals surface area contributed by atoms with Gasteiger partial charge in [-0.1, -0.05) is 84.9 Å². The third-order valence-electron chi connectivity index (χ3n) is 3.80. The molecular formula is C23H22O3. The number of benzene rings is 3. The number of hydrogen-bond acceptors (Lipinski definition) is 3. The van der Waals surface area contributed by atoms with Crippen molar-refractivity contribution in [3.8, 4) is 0 Å². The highest BCUT2D eigenvalue weighted by Gasteiger charge is 2.06. The Morgan fingerprint density at radius 1 is 0.692 bits per heavy atom. The summed E-state index contributed by atoms with van der Waals surface area (Å²) in [6.07, 6.45) is 0.413. The van der Waals surface area contributed by atoms with Crippen LogP contribution < -0.4 is 0 Å². The highest BCUT2D eigenvalue weighted by Crippen LogP contribution is 2.09. The van der Waals surface area contributed by atoms with E-state index in [1.165, 1.54) is 0 Å². The molecule has 3 heteroatoms. The molecule has 0 aliphatic rings. The molecular weight excluding hydrogens is 324 g/mol. The van der Waals surface area contributed by atoms with Crippen LogP contribution in [0.1, 0.15) is 34.0 Å². The van der Waals surface area contributed by atoms with Gasteiger partial charge in [-0.2, -0.15) is 0 Å². The lowest BCUT2D eigenvalue weighted by Gasteiger charge is -2.03. The Hall–Kier alpha value is -3.04. The van der Waals surface area contributed by atoms with Crippen LogP contribution in [0.15, 0.2) is 84.9 Å². The number of aliphatic hydroxyl groups excluding tert-OH is 1. The minimum Gasteiger partial charge on any atom is -0.392 e. The zero-order chi connectivity index (χ0) is 18.8. The molecule has 0 saturated heterocycles. The third-order valence-corrected chi connectivity index (χ3v) is 3.80. The summed E-state index contributed by atoms with van der Waals surface area (Å²) in [7, 11) is 0. The number of rotatable bonds is 5. The molecule has 0 aromatic heterocycles. The molecule has 0 aliphatic carbocycles. The summed E-state index contributed by atoms with van der Waals surface area (Å²) in [6.45, 7) is 1.55. The van der Waals surface area contributed by atoms with Gasteiger partial charge in [-0.15, -0.1) is 0 Å². The Morgan fingerprint density at radius 3 is 1.54 bits per heavy atom. The van der Waals surface area contributed by atoms with E-state index in [1.807, 2.05) is 84.9 Å². The minimum absolute atomic E-state index is 0.00343. The standard InChI is InChI=1S/C13H10O.C10H12O2/c14-13(11-7-3-1-4-8-11)12-9-5-2-6-10-12;1-8(12)6-9-4-2-3-5-10(9)7-11/h1-10H;2-5,11H,6-7H2,1H3. The second-order valence-corrected chi connectivity index (χ2v) is 5.87. The highest BCUT2D eigenvalue weighted by molar-refractivity contribution is 6.08. The molecule has 0 aliphatic heterocycles. The van der Waals surface area contributed by atoms with Gasteiger partial charge in [-0.3, -0.25) is 9.59 Å². The molecule has 0 bridgehead atoms. The monoisotopic (exact) mass is 346 g/mol. The lowest BCUT2D eigenvalue weighted by molar-refractivity contribution is -0.116. The molecule has 1 N–H and O–H groups in total. The van der Waals surface area contributed by atoms with Crippen LogP contribution in [0, 0.1) is 0 Å². The van der Waals surface area contributed by atoms with E-state index in [2.05, 4.69) is 0 Å². The molecule has 0 fully saturated rings. The maximum Gasteiger partial charge on any atom is 0.193 e. The fraction of sp³-hybridized carbons (Fsp3) is 0.130. The molecule has 26 heavy (non-hydrogen) atoms. The van der Waals surface area contributed by atoms with Crippen molar-refractivity contribution in [2.24, 2.45) is 0 Å². The van der Waals surface area contributed by atoms with Crippen molar-refractivity contribution in [1.29, 1.82) is 0 Å². The number of carbonyl (C=O) groups excluding carboxylic acids is 2. The van der Waals surface area contributed by atoms with Gasteiger partial charge in [0.05, 0.1) is 6.61 Å². The Morgan fingerprint density at radius 2 is 1.12 bits per heavy atom. The van der Waals surface area contributed by atoms with Crippen molar-refractivity contribution < 1.29 is 14.7 Å². The van der Waals surface area contributed by atoms with Gasteiger partial charge >= 0.3 is 0 Å². The van der Waals surface area contributed by atoms with Gasteiger partial charge in [0.1, 0.15) is 5.78 Å². The summed E-state index contributed by atoms with van der Waals surface area (Å²) in [5.74, 6) is 0.196. The predicted octanol–water partition coefficient (Wildman–Crippen LogP) is 4.23. The van der Waals surface area contributed by atoms with Crippen molar-refractivity contribution in [2.75, 3.05) is 0 Å². The van der Waals surface area contributed by atoms with Gasteiger partial charge in [0, 0.05) is 17.5 Å². The molecule has 132 valence electrons. The number of carbonyl (C=O) groups is 2. The molecule has 0 atom stereocenters. The lowest BCUT2D eigenvalue weighted by Crippen LogP contribution is -2.00. The Labute approximate surface area is 153 Å². The van der Waals surface area contributed by atoms with Crippen LogP contribution >= 0.6 is 0 Å². The van der Waals surface area contributed by atoms with E-state index in [4.69, 9.17) is 5.11 Å². The van der Waals surface area contributed by atoms with E-state index in [9.17, 15) is 9.59 Å². The van der Waals surface area contributed by atoms with Crippen LogP contribution in [0.5, 0.6) is 0 Å². The molecule has 3 aromatic rings. The molecule has 0 amide bonds. The SMILES string of the molecule is CC(=O)Cc1ccccc1CO.O=C(c1ccccc1)c1ccccc1. The number of Topliss-reactive ketones (excluding diaryl/α,β-unsaturated/α-hetero) is 1.